The van der Waals surface area contributed by atoms with Crippen LogP contribution in [0.4, 0.5) is 13.2 Å². The summed E-state index contributed by atoms with van der Waals surface area (Å²) in [5, 5.41) is 11.4. The molecule has 7 heteroatoms. The molecule has 1 amide bonds. The van der Waals surface area contributed by atoms with Crippen molar-refractivity contribution in [3.63, 3.8) is 0 Å². The van der Waals surface area contributed by atoms with Crippen LogP contribution in [0.3, 0.4) is 0 Å². The van der Waals surface area contributed by atoms with Crippen molar-refractivity contribution in [1.82, 2.24) is 5.32 Å². The van der Waals surface area contributed by atoms with Gasteiger partial charge in [-0.3, -0.25) is 4.79 Å². The second-order valence-corrected chi connectivity index (χ2v) is 5.59. The Hall–Kier alpha value is -2.31. The van der Waals surface area contributed by atoms with Crippen molar-refractivity contribution in [3.05, 3.63) is 47.5 Å². The monoisotopic (exact) mass is 327 g/mol. The summed E-state index contributed by atoms with van der Waals surface area (Å²) in [5.41, 5.74) is -0.402. The molecule has 1 atom stereocenters. The fourth-order valence-electron chi connectivity index (χ4n) is 2.28. The van der Waals surface area contributed by atoms with Gasteiger partial charge in [-0.05, 0) is 36.5 Å². The number of carbonyl (C=O) groups is 2. The molecule has 0 radical (unpaired) electrons. The number of aliphatic carboxylic acids is 1. The van der Waals surface area contributed by atoms with E-state index in [9.17, 15) is 22.8 Å². The molecule has 2 rings (SSSR count). The van der Waals surface area contributed by atoms with Crippen molar-refractivity contribution in [1.29, 1.82) is 0 Å². The quantitative estimate of drug-likeness (QED) is 0.788. The smallest absolute Gasteiger partial charge is 0.416 e. The lowest BCUT2D eigenvalue weighted by Crippen LogP contribution is -2.30. The first kappa shape index (κ1) is 17.1. The Morgan fingerprint density at radius 1 is 1.26 bits per heavy atom. The lowest BCUT2D eigenvalue weighted by atomic mass is 10.00. The van der Waals surface area contributed by atoms with E-state index in [1.165, 1.54) is 12.1 Å². The van der Waals surface area contributed by atoms with Crippen molar-refractivity contribution in [3.8, 4) is 0 Å². The number of rotatable bonds is 6. The molecule has 1 fully saturated rings. The topological polar surface area (TPSA) is 66.4 Å². The molecule has 0 spiro atoms. The molecule has 1 aliphatic rings. The number of hydrogen-bond donors (Lipinski definition) is 2. The molecule has 124 valence electrons. The Morgan fingerprint density at radius 2 is 1.83 bits per heavy atom. The zero-order valence-electron chi connectivity index (χ0n) is 12.2. The van der Waals surface area contributed by atoms with Crippen LogP contribution in [0.5, 0.6) is 0 Å². The molecule has 0 aromatic heterocycles. The number of amides is 1. The molecule has 0 aliphatic heterocycles. The number of nitrogens with one attached hydrogen (secondary N) is 1. The lowest BCUT2D eigenvalue weighted by molar-refractivity contribution is -0.137. The van der Waals surface area contributed by atoms with Gasteiger partial charge in [0.05, 0.1) is 18.0 Å². The van der Waals surface area contributed by atoms with E-state index in [0.29, 0.717) is 5.56 Å². The van der Waals surface area contributed by atoms with Crippen LogP contribution in [0.15, 0.2) is 36.4 Å². The van der Waals surface area contributed by atoms with Gasteiger partial charge in [-0.15, -0.1) is 0 Å². The normalized spacial score (nSPS) is 15.8. The van der Waals surface area contributed by atoms with Gasteiger partial charge >= 0.3 is 12.1 Å². The zero-order valence-corrected chi connectivity index (χ0v) is 12.2. The highest BCUT2D eigenvalue weighted by molar-refractivity contribution is 5.93. The van der Waals surface area contributed by atoms with Gasteiger partial charge in [-0.25, -0.2) is 4.79 Å². The molecule has 0 bridgehead atoms. The van der Waals surface area contributed by atoms with E-state index in [1.807, 2.05) is 0 Å². The molecular weight excluding hydrogens is 311 g/mol. The highest BCUT2D eigenvalue weighted by atomic mass is 19.4. The number of benzene rings is 1. The zero-order chi connectivity index (χ0) is 17.2. The van der Waals surface area contributed by atoms with E-state index in [0.717, 1.165) is 25.0 Å². The van der Waals surface area contributed by atoms with E-state index in [-0.39, 0.29) is 17.9 Å². The van der Waals surface area contributed by atoms with Crippen LogP contribution in [0.2, 0.25) is 0 Å². The minimum absolute atomic E-state index is 0.161. The van der Waals surface area contributed by atoms with Gasteiger partial charge in [0.25, 0.3) is 0 Å². The standard InChI is InChI=1S/C16H16F3NO3/c1-9(15(22)23)8-13(21)20-14(10-2-3-10)11-4-6-12(7-5-11)16(17,18)19/h4-7,10,14H,1-3,8H2,(H,20,21)(H,22,23)/t14-/m0/s1. The Bertz CT molecular complexity index is 618. The average Bonchev–Trinajstić information content (AvgIpc) is 3.28. The third-order valence-corrected chi connectivity index (χ3v) is 3.68. The van der Waals surface area contributed by atoms with Crippen molar-refractivity contribution < 1.29 is 27.9 Å². The fourth-order valence-corrected chi connectivity index (χ4v) is 2.28. The molecule has 0 unspecified atom stereocenters. The summed E-state index contributed by atoms with van der Waals surface area (Å²) in [6.45, 7) is 3.29. The Morgan fingerprint density at radius 3 is 2.26 bits per heavy atom. The fraction of sp³-hybridized carbons (Fsp3) is 0.375. The van der Waals surface area contributed by atoms with E-state index < -0.39 is 29.7 Å². The maximum atomic E-state index is 12.6. The largest absolute Gasteiger partial charge is 0.478 e. The summed E-state index contributed by atoms with van der Waals surface area (Å²) in [6, 6.07) is 4.24. The van der Waals surface area contributed by atoms with Crippen molar-refractivity contribution in [2.24, 2.45) is 5.92 Å². The van der Waals surface area contributed by atoms with Gasteiger partial charge in [0.1, 0.15) is 0 Å². The number of hydrogen-bond acceptors (Lipinski definition) is 2. The minimum atomic E-state index is -4.41. The van der Waals surface area contributed by atoms with Crippen LogP contribution in [-0.2, 0) is 15.8 Å². The van der Waals surface area contributed by atoms with Crippen LogP contribution >= 0.6 is 0 Å². The molecule has 1 saturated carbocycles. The summed E-state index contributed by atoms with van der Waals surface area (Å²) < 4.78 is 37.8. The summed E-state index contributed by atoms with van der Waals surface area (Å²) >= 11 is 0. The second-order valence-electron chi connectivity index (χ2n) is 5.59. The molecule has 1 aliphatic carbocycles. The highest BCUT2D eigenvalue weighted by Crippen LogP contribution is 2.41. The van der Waals surface area contributed by atoms with Crippen molar-refractivity contribution >= 4 is 11.9 Å². The number of carboxylic acid groups (broad SMARTS) is 1. The van der Waals surface area contributed by atoms with Crippen LogP contribution in [0, 0.1) is 5.92 Å². The third-order valence-electron chi connectivity index (χ3n) is 3.68. The van der Waals surface area contributed by atoms with Gasteiger partial charge in [-0.1, -0.05) is 18.7 Å². The molecular formula is C16H16F3NO3. The van der Waals surface area contributed by atoms with Gasteiger partial charge < -0.3 is 10.4 Å². The second kappa shape index (κ2) is 6.44. The third kappa shape index (κ3) is 4.58. The summed E-state index contributed by atoms with van der Waals surface area (Å²) in [5.74, 6) is -1.60. The number of halogens is 3. The van der Waals surface area contributed by atoms with Gasteiger partial charge in [0, 0.05) is 5.57 Å². The molecule has 0 saturated heterocycles. The predicted octanol–water partition coefficient (Wildman–Crippen LogP) is 3.30. The number of carboxylic acids is 1. The van der Waals surface area contributed by atoms with Crippen molar-refractivity contribution in [2.45, 2.75) is 31.5 Å². The van der Waals surface area contributed by atoms with Gasteiger partial charge in [-0.2, -0.15) is 13.2 Å². The van der Waals surface area contributed by atoms with E-state index in [4.69, 9.17) is 5.11 Å². The molecule has 23 heavy (non-hydrogen) atoms. The maximum absolute atomic E-state index is 12.6. The van der Waals surface area contributed by atoms with E-state index >= 15 is 0 Å². The molecule has 2 N–H and O–H groups in total. The summed E-state index contributed by atoms with van der Waals surface area (Å²) in [6.07, 6.45) is -3.02. The van der Waals surface area contributed by atoms with Crippen LogP contribution < -0.4 is 5.32 Å². The first-order chi connectivity index (χ1) is 10.7. The Balaban J connectivity index is 2.08. The molecule has 4 nitrogen and oxygen atoms in total. The van der Waals surface area contributed by atoms with Crippen LogP contribution in [0.1, 0.15) is 36.4 Å². The highest BCUT2D eigenvalue weighted by Gasteiger charge is 2.35. The van der Waals surface area contributed by atoms with Gasteiger partial charge in [0.2, 0.25) is 5.91 Å². The first-order valence-corrected chi connectivity index (χ1v) is 7.06. The summed E-state index contributed by atoms with van der Waals surface area (Å²) in [4.78, 5) is 22.6. The van der Waals surface area contributed by atoms with Crippen molar-refractivity contribution in [2.75, 3.05) is 0 Å². The van der Waals surface area contributed by atoms with Crippen LogP contribution in [0.25, 0.3) is 0 Å². The predicted molar refractivity (Wildman–Crippen MR) is 76.4 cm³/mol. The molecule has 1 aromatic rings. The Kier molecular flexibility index (Phi) is 4.77. The Labute approximate surface area is 131 Å². The average molecular weight is 327 g/mol. The van der Waals surface area contributed by atoms with E-state index in [1.54, 1.807) is 0 Å². The maximum Gasteiger partial charge on any atom is 0.416 e. The SMILES string of the molecule is C=C(CC(=O)N[C@H](c1ccc(C(F)(F)F)cc1)C1CC1)C(=O)O. The first-order valence-electron chi connectivity index (χ1n) is 7.06. The summed E-state index contributed by atoms with van der Waals surface area (Å²) in [7, 11) is 0. The molecule has 1 aromatic carbocycles. The van der Waals surface area contributed by atoms with Crippen LogP contribution in [-0.4, -0.2) is 17.0 Å². The minimum Gasteiger partial charge on any atom is -0.478 e. The number of alkyl halides is 3. The lowest BCUT2D eigenvalue weighted by Gasteiger charge is -2.19. The number of carbonyl (C=O) groups excluding carboxylic acids is 1. The molecule has 0 heterocycles. The van der Waals surface area contributed by atoms with E-state index in [2.05, 4.69) is 11.9 Å². The van der Waals surface area contributed by atoms with Gasteiger partial charge in [0.15, 0.2) is 0 Å².